The Morgan fingerprint density at radius 2 is 1.94 bits per heavy atom. The number of para-hydroxylation sites is 1. The van der Waals surface area contributed by atoms with Gasteiger partial charge >= 0.3 is 0 Å². The molecule has 1 amide bonds. The van der Waals surface area contributed by atoms with Gasteiger partial charge in [-0.2, -0.15) is 0 Å². The maximum atomic E-state index is 13.5. The standard InChI is InChI=1S/C26H27N3OS/c1-17(2)22-8-5-9-23-25(22)28-26(31-23)29(16-20-7-6-12-27-15-20)24(30)14-21-11-10-18(3)13-19(21)4/h5-13,15,17H,14,16H2,1-4H3. The number of thiazole rings is 1. The molecule has 0 aliphatic carbocycles. The summed E-state index contributed by atoms with van der Waals surface area (Å²) in [5, 5.41) is 0.738. The van der Waals surface area contributed by atoms with Crippen molar-refractivity contribution in [2.45, 2.75) is 46.6 Å². The van der Waals surface area contributed by atoms with E-state index in [-0.39, 0.29) is 5.91 Å². The predicted octanol–water partition coefficient (Wildman–Crippen LogP) is 6.21. The molecule has 0 atom stereocenters. The molecule has 0 N–H and O–H groups in total. The highest BCUT2D eigenvalue weighted by molar-refractivity contribution is 7.22. The topological polar surface area (TPSA) is 46.1 Å². The summed E-state index contributed by atoms with van der Waals surface area (Å²) in [6, 6.07) is 16.4. The Morgan fingerprint density at radius 1 is 1.10 bits per heavy atom. The number of benzene rings is 2. The van der Waals surface area contributed by atoms with Crippen LogP contribution in [0, 0.1) is 13.8 Å². The first-order valence-corrected chi connectivity index (χ1v) is 11.4. The van der Waals surface area contributed by atoms with Gasteiger partial charge in [0.2, 0.25) is 5.91 Å². The number of carbonyl (C=O) groups is 1. The molecule has 2 aromatic heterocycles. The molecule has 5 heteroatoms. The largest absolute Gasteiger partial charge is 0.283 e. The molecule has 0 saturated carbocycles. The van der Waals surface area contributed by atoms with Crippen LogP contribution in [-0.4, -0.2) is 15.9 Å². The fourth-order valence-electron chi connectivity index (χ4n) is 3.78. The van der Waals surface area contributed by atoms with E-state index in [0.717, 1.165) is 32.0 Å². The normalized spacial score (nSPS) is 11.3. The van der Waals surface area contributed by atoms with Crippen molar-refractivity contribution in [3.63, 3.8) is 0 Å². The minimum absolute atomic E-state index is 0.0426. The molecule has 0 spiro atoms. The Kier molecular flexibility index (Phi) is 6.14. The van der Waals surface area contributed by atoms with Crippen molar-refractivity contribution < 1.29 is 4.79 Å². The first kappa shape index (κ1) is 21.2. The lowest BCUT2D eigenvalue weighted by molar-refractivity contribution is -0.118. The van der Waals surface area contributed by atoms with Crippen molar-refractivity contribution in [3.8, 4) is 0 Å². The maximum absolute atomic E-state index is 13.5. The maximum Gasteiger partial charge on any atom is 0.233 e. The summed E-state index contributed by atoms with van der Waals surface area (Å²) in [6.45, 7) is 8.93. The van der Waals surface area contributed by atoms with Crippen molar-refractivity contribution in [1.29, 1.82) is 0 Å². The Morgan fingerprint density at radius 3 is 2.65 bits per heavy atom. The third kappa shape index (κ3) is 4.67. The minimum atomic E-state index is 0.0426. The fourth-order valence-corrected chi connectivity index (χ4v) is 4.80. The van der Waals surface area contributed by atoms with Crippen LogP contribution >= 0.6 is 11.3 Å². The number of rotatable bonds is 6. The molecule has 0 fully saturated rings. The smallest absolute Gasteiger partial charge is 0.233 e. The number of fused-ring (bicyclic) bond motifs is 1. The number of nitrogens with zero attached hydrogens (tertiary/aromatic N) is 3. The molecule has 158 valence electrons. The summed E-state index contributed by atoms with van der Waals surface area (Å²) in [5.74, 6) is 0.414. The van der Waals surface area contributed by atoms with Crippen molar-refractivity contribution in [3.05, 3.63) is 88.7 Å². The van der Waals surface area contributed by atoms with Gasteiger partial charge in [-0.15, -0.1) is 0 Å². The van der Waals surface area contributed by atoms with Gasteiger partial charge in [0.05, 0.1) is 23.2 Å². The summed E-state index contributed by atoms with van der Waals surface area (Å²) >= 11 is 1.58. The van der Waals surface area contributed by atoms with Crippen LogP contribution in [0.5, 0.6) is 0 Å². The van der Waals surface area contributed by atoms with Crippen LogP contribution in [-0.2, 0) is 17.8 Å². The lowest BCUT2D eigenvalue weighted by atomic mass is 10.0. The van der Waals surface area contributed by atoms with Crippen LogP contribution in [0.4, 0.5) is 5.13 Å². The van der Waals surface area contributed by atoms with E-state index in [1.807, 2.05) is 23.2 Å². The van der Waals surface area contributed by atoms with Crippen LogP contribution in [0.15, 0.2) is 60.9 Å². The molecule has 0 bridgehead atoms. The average molecular weight is 430 g/mol. The predicted molar refractivity (Wildman–Crippen MR) is 129 cm³/mol. The molecule has 0 aliphatic heterocycles. The lowest BCUT2D eigenvalue weighted by Gasteiger charge is -2.20. The van der Waals surface area contributed by atoms with Gasteiger partial charge in [-0.05, 0) is 54.2 Å². The van der Waals surface area contributed by atoms with E-state index >= 15 is 0 Å². The fraction of sp³-hybridized carbons (Fsp3) is 0.269. The zero-order valence-electron chi connectivity index (χ0n) is 18.4. The first-order valence-electron chi connectivity index (χ1n) is 10.6. The molecular formula is C26H27N3OS. The second kappa shape index (κ2) is 8.98. The summed E-state index contributed by atoms with van der Waals surface area (Å²) in [6.07, 6.45) is 3.90. The van der Waals surface area contributed by atoms with E-state index in [1.165, 1.54) is 11.1 Å². The number of hydrogen-bond acceptors (Lipinski definition) is 4. The van der Waals surface area contributed by atoms with Crippen LogP contribution in [0.2, 0.25) is 0 Å². The SMILES string of the molecule is Cc1ccc(CC(=O)N(Cc2cccnc2)c2nc3c(C(C)C)cccc3s2)c(C)c1. The van der Waals surface area contributed by atoms with Crippen LogP contribution in [0.3, 0.4) is 0 Å². The molecule has 0 aliphatic rings. The number of pyridine rings is 1. The van der Waals surface area contributed by atoms with Crippen molar-refractivity contribution in [2.24, 2.45) is 0 Å². The van der Waals surface area contributed by atoms with E-state index in [9.17, 15) is 4.79 Å². The van der Waals surface area contributed by atoms with E-state index in [0.29, 0.717) is 18.9 Å². The summed E-state index contributed by atoms with van der Waals surface area (Å²) in [5.41, 5.74) is 6.58. The number of anilines is 1. The lowest BCUT2D eigenvalue weighted by Crippen LogP contribution is -2.32. The van der Waals surface area contributed by atoms with E-state index in [1.54, 1.807) is 17.5 Å². The third-order valence-electron chi connectivity index (χ3n) is 5.50. The van der Waals surface area contributed by atoms with Crippen LogP contribution < -0.4 is 4.90 Å². The number of aryl methyl sites for hydroxylation is 2. The monoisotopic (exact) mass is 429 g/mol. The van der Waals surface area contributed by atoms with Gasteiger partial charge in [-0.3, -0.25) is 14.7 Å². The second-order valence-electron chi connectivity index (χ2n) is 8.29. The highest BCUT2D eigenvalue weighted by Crippen LogP contribution is 2.34. The van der Waals surface area contributed by atoms with Crippen molar-refractivity contribution in [1.82, 2.24) is 9.97 Å². The molecule has 0 saturated heterocycles. The van der Waals surface area contributed by atoms with Gasteiger partial charge in [-0.25, -0.2) is 4.98 Å². The van der Waals surface area contributed by atoms with Gasteiger partial charge in [0.15, 0.2) is 5.13 Å². The van der Waals surface area contributed by atoms with Crippen molar-refractivity contribution >= 4 is 32.6 Å². The number of amides is 1. The Balaban J connectivity index is 1.73. The molecule has 4 aromatic rings. The Bertz CT molecular complexity index is 1210. The van der Waals surface area contributed by atoms with Gasteiger partial charge in [0.1, 0.15) is 0 Å². The summed E-state index contributed by atoms with van der Waals surface area (Å²) in [7, 11) is 0. The first-order chi connectivity index (χ1) is 14.9. The number of hydrogen-bond donors (Lipinski definition) is 0. The highest BCUT2D eigenvalue weighted by Gasteiger charge is 2.22. The van der Waals surface area contributed by atoms with Crippen LogP contribution in [0.1, 0.15) is 47.6 Å². The van der Waals surface area contributed by atoms with Gasteiger partial charge < -0.3 is 0 Å². The Hall–Kier alpha value is -3.05. The second-order valence-corrected chi connectivity index (χ2v) is 9.30. The van der Waals surface area contributed by atoms with Crippen molar-refractivity contribution in [2.75, 3.05) is 4.90 Å². The van der Waals surface area contributed by atoms with E-state index in [2.05, 4.69) is 69.1 Å². The highest BCUT2D eigenvalue weighted by atomic mass is 32.1. The number of aromatic nitrogens is 2. The molecule has 0 unspecified atom stereocenters. The van der Waals surface area contributed by atoms with Gasteiger partial charge in [0, 0.05) is 12.4 Å². The number of carbonyl (C=O) groups excluding carboxylic acids is 1. The molecule has 31 heavy (non-hydrogen) atoms. The van der Waals surface area contributed by atoms with E-state index in [4.69, 9.17) is 4.98 Å². The van der Waals surface area contributed by atoms with Crippen LogP contribution in [0.25, 0.3) is 10.2 Å². The third-order valence-corrected chi connectivity index (χ3v) is 6.54. The zero-order valence-corrected chi connectivity index (χ0v) is 19.2. The molecule has 2 aromatic carbocycles. The van der Waals surface area contributed by atoms with Gasteiger partial charge in [-0.1, -0.05) is 67.1 Å². The summed E-state index contributed by atoms with van der Waals surface area (Å²) < 4.78 is 1.11. The molecule has 2 heterocycles. The average Bonchev–Trinajstić information content (AvgIpc) is 3.18. The molecule has 4 rings (SSSR count). The minimum Gasteiger partial charge on any atom is -0.283 e. The zero-order chi connectivity index (χ0) is 22.0. The quantitative estimate of drug-likeness (QED) is 0.366. The van der Waals surface area contributed by atoms with E-state index < -0.39 is 0 Å². The molecule has 0 radical (unpaired) electrons. The Labute approximate surface area is 187 Å². The van der Waals surface area contributed by atoms with Gasteiger partial charge in [0.25, 0.3) is 0 Å². The summed E-state index contributed by atoms with van der Waals surface area (Å²) in [4.78, 5) is 24.5. The molecule has 4 nitrogen and oxygen atoms in total. The molecular weight excluding hydrogens is 402 g/mol.